The Morgan fingerprint density at radius 2 is 2.08 bits per heavy atom. The topological polar surface area (TPSA) is 0 Å². The molecule has 0 saturated heterocycles. The first-order chi connectivity index (χ1) is 6.20. The molecule has 0 aliphatic heterocycles. The van der Waals surface area contributed by atoms with E-state index in [1.165, 1.54) is 16.7 Å². The molecule has 0 amide bonds. The van der Waals surface area contributed by atoms with Crippen LogP contribution in [0.4, 0.5) is 0 Å². The summed E-state index contributed by atoms with van der Waals surface area (Å²) in [5, 5.41) is 0. The molecule has 0 aromatic rings. The molecule has 0 heterocycles. The van der Waals surface area contributed by atoms with Crippen molar-refractivity contribution in [3.63, 3.8) is 0 Å². The number of hydrogen-bond donors (Lipinski definition) is 0. The maximum absolute atomic E-state index is 4.08. The molecule has 13 heavy (non-hydrogen) atoms. The van der Waals surface area contributed by atoms with Gasteiger partial charge in [-0.25, -0.2) is 0 Å². The van der Waals surface area contributed by atoms with Crippen LogP contribution in [0.25, 0.3) is 0 Å². The van der Waals surface area contributed by atoms with Gasteiger partial charge in [0, 0.05) is 0 Å². The molecular formula is C13H16. The molecule has 0 spiro atoms. The van der Waals surface area contributed by atoms with Crippen LogP contribution in [0.5, 0.6) is 0 Å². The Kier molecular flexibility index (Phi) is 3.07. The molecule has 0 atom stereocenters. The SMILES string of the molecule is C=C/C=C1/CC(C)=C(/C=C\C)C1=C. The fourth-order valence-corrected chi connectivity index (χ4v) is 1.63. The van der Waals surface area contributed by atoms with Crippen molar-refractivity contribution in [1.82, 2.24) is 0 Å². The predicted molar refractivity (Wildman–Crippen MR) is 59.6 cm³/mol. The first-order valence-electron chi connectivity index (χ1n) is 4.54. The van der Waals surface area contributed by atoms with Crippen LogP contribution in [-0.4, -0.2) is 0 Å². The number of hydrogen-bond acceptors (Lipinski definition) is 0. The minimum absolute atomic E-state index is 1.02. The van der Waals surface area contributed by atoms with Gasteiger partial charge in [0.1, 0.15) is 0 Å². The van der Waals surface area contributed by atoms with Gasteiger partial charge in [0.2, 0.25) is 0 Å². The molecule has 0 radical (unpaired) electrons. The lowest BCUT2D eigenvalue weighted by Crippen LogP contribution is -1.80. The summed E-state index contributed by atoms with van der Waals surface area (Å²) in [7, 11) is 0. The van der Waals surface area contributed by atoms with Gasteiger partial charge >= 0.3 is 0 Å². The number of rotatable bonds is 2. The predicted octanol–water partition coefficient (Wildman–Crippen LogP) is 3.95. The van der Waals surface area contributed by atoms with Crippen LogP contribution in [0.1, 0.15) is 20.3 Å². The van der Waals surface area contributed by atoms with E-state index in [1.807, 2.05) is 19.1 Å². The second-order valence-electron chi connectivity index (χ2n) is 3.28. The summed E-state index contributed by atoms with van der Waals surface area (Å²) in [6.07, 6.45) is 9.07. The summed E-state index contributed by atoms with van der Waals surface area (Å²) in [5.74, 6) is 0. The third-order valence-corrected chi connectivity index (χ3v) is 2.28. The molecule has 0 heteroatoms. The highest BCUT2D eigenvalue weighted by Gasteiger charge is 2.16. The van der Waals surface area contributed by atoms with Gasteiger partial charge in [-0.05, 0) is 37.0 Å². The van der Waals surface area contributed by atoms with Crippen molar-refractivity contribution in [3.8, 4) is 0 Å². The Morgan fingerprint density at radius 1 is 1.38 bits per heavy atom. The van der Waals surface area contributed by atoms with Gasteiger partial charge in [-0.3, -0.25) is 0 Å². The van der Waals surface area contributed by atoms with E-state index < -0.39 is 0 Å². The van der Waals surface area contributed by atoms with Crippen molar-refractivity contribution in [2.24, 2.45) is 0 Å². The van der Waals surface area contributed by atoms with Crippen LogP contribution < -0.4 is 0 Å². The van der Waals surface area contributed by atoms with E-state index in [-0.39, 0.29) is 0 Å². The fraction of sp³-hybridized carbons (Fsp3) is 0.231. The molecule has 0 nitrogen and oxygen atoms in total. The van der Waals surface area contributed by atoms with E-state index in [1.54, 1.807) is 0 Å². The first-order valence-corrected chi connectivity index (χ1v) is 4.54. The van der Waals surface area contributed by atoms with Crippen molar-refractivity contribution in [3.05, 3.63) is 59.8 Å². The van der Waals surface area contributed by atoms with Gasteiger partial charge < -0.3 is 0 Å². The standard InChI is InChI=1S/C13H16/c1-5-7-12-9-10(3)13(8-6-2)11(12)4/h5-8H,1,4,9H2,2-3H3/b8-6-,12-7-. The summed E-state index contributed by atoms with van der Waals surface area (Å²) in [6, 6.07) is 0. The zero-order valence-corrected chi connectivity index (χ0v) is 8.43. The van der Waals surface area contributed by atoms with E-state index >= 15 is 0 Å². The van der Waals surface area contributed by atoms with Crippen molar-refractivity contribution in [1.29, 1.82) is 0 Å². The summed E-state index contributed by atoms with van der Waals surface area (Å²) in [4.78, 5) is 0. The van der Waals surface area contributed by atoms with Gasteiger partial charge in [0.05, 0.1) is 0 Å². The molecule has 0 aromatic heterocycles. The van der Waals surface area contributed by atoms with E-state index in [4.69, 9.17) is 0 Å². The molecule has 0 fully saturated rings. The van der Waals surface area contributed by atoms with Crippen molar-refractivity contribution < 1.29 is 0 Å². The lowest BCUT2D eigenvalue weighted by atomic mass is 10.1. The van der Waals surface area contributed by atoms with Gasteiger partial charge in [-0.2, -0.15) is 0 Å². The molecule has 0 unspecified atom stereocenters. The molecular weight excluding hydrogens is 156 g/mol. The van der Waals surface area contributed by atoms with Gasteiger partial charge in [0.15, 0.2) is 0 Å². The molecule has 0 aromatic carbocycles. The molecule has 0 saturated carbocycles. The third kappa shape index (κ3) is 1.89. The molecule has 0 bridgehead atoms. The second-order valence-corrected chi connectivity index (χ2v) is 3.28. The van der Waals surface area contributed by atoms with E-state index in [2.05, 4.69) is 32.2 Å². The van der Waals surface area contributed by atoms with Crippen LogP contribution in [0.15, 0.2) is 59.8 Å². The normalized spacial score (nSPS) is 20.8. The van der Waals surface area contributed by atoms with Gasteiger partial charge in [-0.15, -0.1) is 0 Å². The average Bonchev–Trinajstić information content (AvgIpc) is 2.34. The van der Waals surface area contributed by atoms with Crippen LogP contribution in [0, 0.1) is 0 Å². The largest absolute Gasteiger partial charge is 0.0991 e. The summed E-state index contributed by atoms with van der Waals surface area (Å²) < 4.78 is 0. The van der Waals surface area contributed by atoms with Gasteiger partial charge in [0.25, 0.3) is 0 Å². The molecule has 0 N–H and O–H groups in total. The Labute approximate surface area is 80.7 Å². The van der Waals surface area contributed by atoms with E-state index in [0.717, 1.165) is 12.0 Å². The maximum Gasteiger partial charge on any atom is -0.00547 e. The zero-order valence-electron chi connectivity index (χ0n) is 8.43. The monoisotopic (exact) mass is 172 g/mol. The van der Waals surface area contributed by atoms with Crippen molar-refractivity contribution in [2.75, 3.05) is 0 Å². The first kappa shape index (κ1) is 9.79. The minimum Gasteiger partial charge on any atom is -0.0991 e. The lowest BCUT2D eigenvalue weighted by Gasteiger charge is -1.99. The maximum atomic E-state index is 4.08. The Hall–Kier alpha value is -1.30. The highest BCUT2D eigenvalue weighted by molar-refractivity contribution is 5.59. The summed E-state index contributed by atoms with van der Waals surface area (Å²) in [5.41, 5.74) is 5.13. The highest BCUT2D eigenvalue weighted by atomic mass is 14.2. The average molecular weight is 172 g/mol. The number of allylic oxidation sites excluding steroid dienone is 8. The lowest BCUT2D eigenvalue weighted by molar-refractivity contribution is 1.20. The van der Waals surface area contributed by atoms with Crippen LogP contribution in [0.2, 0.25) is 0 Å². The third-order valence-electron chi connectivity index (χ3n) is 2.28. The smallest absolute Gasteiger partial charge is 0.00547 e. The zero-order chi connectivity index (χ0) is 9.84. The van der Waals surface area contributed by atoms with Crippen LogP contribution in [-0.2, 0) is 0 Å². The van der Waals surface area contributed by atoms with E-state index in [0.29, 0.717) is 0 Å². The quantitative estimate of drug-likeness (QED) is 0.591. The Bertz CT molecular complexity index is 322. The van der Waals surface area contributed by atoms with E-state index in [9.17, 15) is 0 Å². The Balaban J connectivity index is 3.00. The highest BCUT2D eigenvalue weighted by Crippen LogP contribution is 2.35. The molecule has 1 aliphatic rings. The van der Waals surface area contributed by atoms with Crippen LogP contribution >= 0.6 is 0 Å². The Morgan fingerprint density at radius 3 is 2.62 bits per heavy atom. The minimum atomic E-state index is 1.02. The molecule has 1 aliphatic carbocycles. The summed E-state index contributed by atoms with van der Waals surface area (Å²) >= 11 is 0. The molecule has 68 valence electrons. The second kappa shape index (κ2) is 4.08. The van der Waals surface area contributed by atoms with Crippen LogP contribution in [0.3, 0.4) is 0 Å². The van der Waals surface area contributed by atoms with Gasteiger partial charge in [-0.1, -0.05) is 43.0 Å². The molecule has 1 rings (SSSR count). The summed E-state index contributed by atoms with van der Waals surface area (Å²) in [6.45, 7) is 12.0. The van der Waals surface area contributed by atoms with Crippen molar-refractivity contribution in [2.45, 2.75) is 20.3 Å². The fourth-order valence-electron chi connectivity index (χ4n) is 1.63. The van der Waals surface area contributed by atoms with Crippen molar-refractivity contribution >= 4 is 0 Å².